The molecule has 0 aliphatic carbocycles. The van der Waals surface area contributed by atoms with E-state index in [1.165, 1.54) is 18.2 Å². The molecule has 0 saturated carbocycles. The molecule has 0 bridgehead atoms. The van der Waals surface area contributed by atoms with Gasteiger partial charge in [0.15, 0.2) is 17.4 Å². The third-order valence-corrected chi connectivity index (χ3v) is 2.95. The Labute approximate surface area is 129 Å². The van der Waals surface area contributed by atoms with Crippen molar-refractivity contribution in [3.05, 3.63) is 45.5 Å². The van der Waals surface area contributed by atoms with Gasteiger partial charge in [-0.1, -0.05) is 27.5 Å². The summed E-state index contributed by atoms with van der Waals surface area (Å²) in [5, 5.41) is 0.208. The van der Waals surface area contributed by atoms with E-state index in [2.05, 4.69) is 25.9 Å². The smallest absolute Gasteiger partial charge is 0.224 e. The highest BCUT2D eigenvalue weighted by molar-refractivity contribution is 9.10. The number of aromatic nitrogens is 2. The lowest BCUT2D eigenvalue weighted by atomic mass is 10.3. The Morgan fingerprint density at radius 1 is 1.30 bits per heavy atom. The molecular weight excluding hydrogens is 351 g/mol. The summed E-state index contributed by atoms with van der Waals surface area (Å²) in [7, 11) is 0. The molecule has 0 unspecified atom stereocenters. The maximum Gasteiger partial charge on any atom is 0.224 e. The van der Waals surface area contributed by atoms with Crippen LogP contribution in [0.25, 0.3) is 0 Å². The van der Waals surface area contributed by atoms with Crippen LogP contribution < -0.4 is 4.74 Å². The van der Waals surface area contributed by atoms with Crippen LogP contribution in [0.3, 0.4) is 0 Å². The molecule has 0 spiro atoms. The predicted octanol–water partition coefficient (Wildman–Crippen LogP) is 4.36. The molecule has 2 rings (SSSR count). The van der Waals surface area contributed by atoms with Crippen LogP contribution >= 0.6 is 27.5 Å². The minimum atomic E-state index is -0.491. The maximum absolute atomic E-state index is 13.6. The van der Waals surface area contributed by atoms with Gasteiger partial charge in [-0.05, 0) is 25.1 Å². The van der Waals surface area contributed by atoms with Crippen LogP contribution in [-0.2, 0) is 11.3 Å². The van der Waals surface area contributed by atoms with Crippen LogP contribution in [0.4, 0.5) is 4.39 Å². The number of ether oxygens (including phenoxy) is 2. The standard InChI is InChI=1S/C13H11BrClFN2O2/c1-2-19-7-12-17-11(15)6-13(18-12)20-10-5-8(14)3-4-9(10)16/h3-6H,2,7H2,1H3. The molecule has 0 N–H and O–H groups in total. The van der Waals surface area contributed by atoms with Crippen LogP contribution in [-0.4, -0.2) is 16.6 Å². The number of hydrogen-bond acceptors (Lipinski definition) is 4. The molecule has 0 fully saturated rings. The Morgan fingerprint density at radius 2 is 2.10 bits per heavy atom. The van der Waals surface area contributed by atoms with Crippen molar-refractivity contribution in [3.8, 4) is 11.6 Å². The fourth-order valence-corrected chi connectivity index (χ4v) is 1.95. The van der Waals surface area contributed by atoms with Gasteiger partial charge < -0.3 is 9.47 Å². The van der Waals surface area contributed by atoms with Gasteiger partial charge in [-0.15, -0.1) is 0 Å². The van der Waals surface area contributed by atoms with E-state index in [0.717, 1.165) is 0 Å². The number of nitrogens with zero attached hydrogens (tertiary/aromatic N) is 2. The molecule has 1 aromatic carbocycles. The molecule has 7 heteroatoms. The second kappa shape index (κ2) is 6.97. The van der Waals surface area contributed by atoms with Gasteiger partial charge in [0.05, 0.1) is 0 Å². The summed E-state index contributed by atoms with van der Waals surface area (Å²) in [6.45, 7) is 2.61. The van der Waals surface area contributed by atoms with Gasteiger partial charge >= 0.3 is 0 Å². The van der Waals surface area contributed by atoms with Crippen molar-refractivity contribution in [1.82, 2.24) is 9.97 Å². The first kappa shape index (κ1) is 15.2. The minimum absolute atomic E-state index is 0.0523. The Morgan fingerprint density at radius 3 is 2.85 bits per heavy atom. The normalized spacial score (nSPS) is 10.6. The van der Waals surface area contributed by atoms with Crippen LogP contribution in [0.1, 0.15) is 12.7 Å². The first-order valence-electron chi connectivity index (χ1n) is 5.82. The van der Waals surface area contributed by atoms with Crippen molar-refractivity contribution in [2.24, 2.45) is 0 Å². The van der Waals surface area contributed by atoms with E-state index in [4.69, 9.17) is 21.1 Å². The van der Waals surface area contributed by atoms with E-state index in [1.54, 1.807) is 6.07 Å². The van der Waals surface area contributed by atoms with Crippen molar-refractivity contribution in [2.45, 2.75) is 13.5 Å². The fourth-order valence-electron chi connectivity index (χ4n) is 1.42. The molecule has 0 saturated heterocycles. The molecule has 1 heterocycles. The van der Waals surface area contributed by atoms with Crippen molar-refractivity contribution in [1.29, 1.82) is 0 Å². The largest absolute Gasteiger partial charge is 0.436 e. The molecule has 0 amide bonds. The molecule has 0 radical (unpaired) electrons. The Balaban J connectivity index is 2.24. The zero-order valence-electron chi connectivity index (χ0n) is 10.6. The highest BCUT2D eigenvalue weighted by Gasteiger charge is 2.09. The molecule has 1 aromatic heterocycles. The summed E-state index contributed by atoms with van der Waals surface area (Å²) in [6, 6.07) is 5.80. The van der Waals surface area contributed by atoms with Gasteiger partial charge in [-0.2, -0.15) is 4.98 Å². The molecule has 0 atom stereocenters. The predicted molar refractivity (Wildman–Crippen MR) is 76.5 cm³/mol. The van der Waals surface area contributed by atoms with E-state index in [0.29, 0.717) is 16.9 Å². The average Bonchev–Trinajstić information content (AvgIpc) is 2.40. The zero-order chi connectivity index (χ0) is 14.5. The molecule has 0 aliphatic rings. The maximum atomic E-state index is 13.6. The molecule has 20 heavy (non-hydrogen) atoms. The summed E-state index contributed by atoms with van der Waals surface area (Å²) < 4.78 is 24.9. The molecular formula is C13H11BrClFN2O2. The van der Waals surface area contributed by atoms with Crippen molar-refractivity contribution >= 4 is 27.5 Å². The topological polar surface area (TPSA) is 44.2 Å². The number of halogens is 3. The highest BCUT2D eigenvalue weighted by Crippen LogP contribution is 2.27. The lowest BCUT2D eigenvalue weighted by Gasteiger charge is -2.08. The van der Waals surface area contributed by atoms with Crippen LogP contribution in [0.15, 0.2) is 28.7 Å². The van der Waals surface area contributed by atoms with E-state index >= 15 is 0 Å². The lowest BCUT2D eigenvalue weighted by Crippen LogP contribution is -2.01. The Hall–Kier alpha value is -1.24. The summed E-state index contributed by atoms with van der Waals surface area (Å²) in [6.07, 6.45) is 0. The lowest BCUT2D eigenvalue weighted by molar-refractivity contribution is 0.127. The average molecular weight is 362 g/mol. The second-order valence-electron chi connectivity index (χ2n) is 3.76. The van der Waals surface area contributed by atoms with Crippen LogP contribution in [0.5, 0.6) is 11.6 Å². The summed E-state index contributed by atoms with van der Waals surface area (Å²) in [5.74, 6) is 0.104. The van der Waals surface area contributed by atoms with E-state index in [9.17, 15) is 4.39 Å². The van der Waals surface area contributed by atoms with E-state index in [-0.39, 0.29) is 23.4 Å². The van der Waals surface area contributed by atoms with Crippen molar-refractivity contribution < 1.29 is 13.9 Å². The van der Waals surface area contributed by atoms with Gasteiger partial charge in [0, 0.05) is 17.1 Å². The quantitative estimate of drug-likeness (QED) is 0.742. The summed E-state index contributed by atoms with van der Waals surface area (Å²) in [5.41, 5.74) is 0. The Bertz CT molecular complexity index is 613. The molecule has 2 aromatic rings. The summed E-state index contributed by atoms with van der Waals surface area (Å²) in [4.78, 5) is 8.11. The second-order valence-corrected chi connectivity index (χ2v) is 5.06. The number of hydrogen-bond donors (Lipinski definition) is 0. The van der Waals surface area contributed by atoms with Gasteiger partial charge in [0.25, 0.3) is 0 Å². The van der Waals surface area contributed by atoms with Crippen molar-refractivity contribution in [2.75, 3.05) is 6.61 Å². The van der Waals surface area contributed by atoms with Gasteiger partial charge in [-0.25, -0.2) is 9.37 Å². The van der Waals surface area contributed by atoms with Gasteiger partial charge in [0.2, 0.25) is 5.88 Å². The van der Waals surface area contributed by atoms with Gasteiger partial charge in [0.1, 0.15) is 11.8 Å². The van der Waals surface area contributed by atoms with Crippen LogP contribution in [0.2, 0.25) is 5.15 Å². The monoisotopic (exact) mass is 360 g/mol. The minimum Gasteiger partial charge on any atom is -0.436 e. The summed E-state index contributed by atoms with van der Waals surface area (Å²) >= 11 is 9.12. The third kappa shape index (κ3) is 4.13. The first-order valence-corrected chi connectivity index (χ1v) is 6.99. The zero-order valence-corrected chi connectivity index (χ0v) is 12.9. The first-order chi connectivity index (χ1) is 9.58. The van der Waals surface area contributed by atoms with Gasteiger partial charge in [-0.3, -0.25) is 0 Å². The highest BCUT2D eigenvalue weighted by atomic mass is 79.9. The number of benzene rings is 1. The SMILES string of the molecule is CCOCc1nc(Cl)cc(Oc2cc(Br)ccc2F)n1. The molecule has 0 aliphatic heterocycles. The van der Waals surface area contributed by atoms with E-state index < -0.39 is 5.82 Å². The van der Waals surface area contributed by atoms with E-state index in [1.807, 2.05) is 6.92 Å². The fraction of sp³-hybridized carbons (Fsp3) is 0.231. The third-order valence-electron chi connectivity index (χ3n) is 2.26. The van der Waals surface area contributed by atoms with Crippen LogP contribution in [0, 0.1) is 5.82 Å². The Kier molecular flexibility index (Phi) is 5.28. The molecule has 4 nitrogen and oxygen atoms in total. The number of rotatable bonds is 5. The van der Waals surface area contributed by atoms with Crippen molar-refractivity contribution in [3.63, 3.8) is 0 Å². The molecule has 106 valence electrons.